The van der Waals surface area contributed by atoms with E-state index in [0.29, 0.717) is 11.5 Å². The maximum absolute atomic E-state index is 12.3. The first-order chi connectivity index (χ1) is 11.6. The summed E-state index contributed by atoms with van der Waals surface area (Å²) in [5, 5.41) is 8.76. The van der Waals surface area contributed by atoms with E-state index >= 15 is 0 Å². The number of aliphatic hydroxyl groups excluding tert-OH is 1. The predicted molar refractivity (Wildman–Crippen MR) is 92.4 cm³/mol. The summed E-state index contributed by atoms with van der Waals surface area (Å²) in [6.45, 7) is 1.43. The Morgan fingerprint density at radius 1 is 1.04 bits per heavy atom. The molecule has 2 aromatic rings. The van der Waals surface area contributed by atoms with Crippen molar-refractivity contribution in [2.75, 3.05) is 12.4 Å². The molecule has 0 aliphatic carbocycles. The molecule has 5 nitrogen and oxygen atoms in total. The molecule has 0 aliphatic rings. The van der Waals surface area contributed by atoms with E-state index in [0.717, 1.165) is 11.3 Å². The van der Waals surface area contributed by atoms with E-state index < -0.39 is 11.9 Å². The molecule has 0 aromatic heterocycles. The van der Waals surface area contributed by atoms with Crippen molar-refractivity contribution < 1.29 is 24.2 Å². The van der Waals surface area contributed by atoms with Gasteiger partial charge in [0.2, 0.25) is 0 Å². The van der Waals surface area contributed by atoms with Crippen LogP contribution in [0.15, 0.2) is 48.5 Å². The first kappa shape index (κ1) is 18.0. The molecule has 0 amide bonds. The van der Waals surface area contributed by atoms with Gasteiger partial charge in [-0.05, 0) is 29.8 Å². The van der Waals surface area contributed by atoms with Gasteiger partial charge in [0.15, 0.2) is 0 Å². The highest BCUT2D eigenvalue weighted by molar-refractivity contribution is 7.98. The Bertz CT molecular complexity index is 697. The zero-order valence-corrected chi connectivity index (χ0v) is 14.0. The number of esters is 2. The third-order valence-corrected chi connectivity index (χ3v) is 4.01. The molecule has 0 atom stereocenters. The molecule has 0 bridgehead atoms. The van der Waals surface area contributed by atoms with Crippen LogP contribution in [0.2, 0.25) is 0 Å². The maximum atomic E-state index is 12.3. The minimum atomic E-state index is -0.589. The van der Waals surface area contributed by atoms with E-state index in [4.69, 9.17) is 14.6 Å². The van der Waals surface area contributed by atoms with Crippen molar-refractivity contribution >= 4 is 23.7 Å². The number of hydrogen-bond acceptors (Lipinski definition) is 6. The molecule has 0 heterocycles. The number of hydrogen-bond donors (Lipinski definition) is 1. The minimum Gasteiger partial charge on any atom is -0.426 e. The topological polar surface area (TPSA) is 72.8 Å². The third-order valence-electron chi connectivity index (χ3n) is 3.00. The molecule has 24 heavy (non-hydrogen) atoms. The summed E-state index contributed by atoms with van der Waals surface area (Å²) in [7, 11) is 0. The third kappa shape index (κ3) is 5.40. The van der Waals surface area contributed by atoms with Crippen molar-refractivity contribution in [2.24, 2.45) is 0 Å². The fraction of sp³-hybridized carbons (Fsp3) is 0.222. The molecule has 2 rings (SSSR count). The molecule has 126 valence electrons. The second kappa shape index (κ2) is 9.10. The van der Waals surface area contributed by atoms with Gasteiger partial charge < -0.3 is 14.6 Å². The van der Waals surface area contributed by atoms with Crippen molar-refractivity contribution in [3.8, 4) is 11.5 Å². The van der Waals surface area contributed by atoms with Crippen molar-refractivity contribution in [3.63, 3.8) is 0 Å². The van der Waals surface area contributed by atoms with E-state index in [1.54, 1.807) is 48.2 Å². The molecule has 1 N–H and O–H groups in total. The van der Waals surface area contributed by atoms with Gasteiger partial charge in [0.25, 0.3) is 0 Å². The zero-order valence-electron chi connectivity index (χ0n) is 13.2. The van der Waals surface area contributed by atoms with Crippen LogP contribution in [-0.4, -0.2) is 29.4 Å². The van der Waals surface area contributed by atoms with E-state index in [1.807, 2.05) is 12.1 Å². The lowest BCUT2D eigenvalue weighted by atomic mass is 10.2. The first-order valence-corrected chi connectivity index (χ1v) is 8.53. The Hall–Kier alpha value is -2.31. The second-order valence-corrected chi connectivity index (χ2v) is 6.00. The number of carbonyl (C=O) groups excluding carboxylic acids is 2. The van der Waals surface area contributed by atoms with Crippen molar-refractivity contribution in [3.05, 3.63) is 59.7 Å². The number of aliphatic hydroxyl groups is 1. The largest absolute Gasteiger partial charge is 0.426 e. The Morgan fingerprint density at radius 3 is 2.42 bits per heavy atom. The van der Waals surface area contributed by atoms with Crippen LogP contribution in [0.1, 0.15) is 22.8 Å². The smallest absolute Gasteiger partial charge is 0.347 e. The molecule has 0 fully saturated rings. The molecule has 0 saturated carbocycles. The standard InChI is InChI=1S/C18H18O5S/c1-13(20)22-17-5-3-2-4-16(17)18(21)23-15-8-6-14(7-9-15)12-24-11-10-19/h2-9,19H,10-12H2,1H3. The van der Waals surface area contributed by atoms with Crippen molar-refractivity contribution in [2.45, 2.75) is 12.7 Å². The number of carbonyl (C=O) groups is 2. The molecular formula is C18H18O5S. The van der Waals surface area contributed by atoms with Gasteiger partial charge in [0.05, 0.1) is 6.61 Å². The SMILES string of the molecule is CC(=O)Oc1ccccc1C(=O)Oc1ccc(CSCCO)cc1. The van der Waals surface area contributed by atoms with Crippen LogP contribution in [0.25, 0.3) is 0 Å². The quantitative estimate of drug-likeness (QED) is 0.472. The van der Waals surface area contributed by atoms with Gasteiger partial charge >= 0.3 is 11.9 Å². The van der Waals surface area contributed by atoms with Gasteiger partial charge in [-0.2, -0.15) is 11.8 Å². The highest BCUT2D eigenvalue weighted by Crippen LogP contribution is 2.22. The van der Waals surface area contributed by atoms with E-state index in [1.165, 1.54) is 6.92 Å². The highest BCUT2D eigenvalue weighted by Gasteiger charge is 2.15. The molecule has 0 spiro atoms. The highest BCUT2D eigenvalue weighted by atomic mass is 32.2. The number of benzene rings is 2. The number of rotatable bonds is 7. The van der Waals surface area contributed by atoms with Gasteiger partial charge in [0, 0.05) is 18.4 Å². The monoisotopic (exact) mass is 346 g/mol. The number of ether oxygens (including phenoxy) is 2. The van der Waals surface area contributed by atoms with Crippen LogP contribution in [-0.2, 0) is 10.5 Å². The lowest BCUT2D eigenvalue weighted by Crippen LogP contribution is -2.12. The molecule has 0 aliphatic heterocycles. The van der Waals surface area contributed by atoms with Crippen molar-refractivity contribution in [1.29, 1.82) is 0 Å². The predicted octanol–water partition coefficient (Wildman–Crippen LogP) is 3.06. The van der Waals surface area contributed by atoms with Gasteiger partial charge in [-0.3, -0.25) is 4.79 Å². The second-order valence-electron chi connectivity index (χ2n) is 4.90. The molecular weight excluding hydrogens is 328 g/mol. The average molecular weight is 346 g/mol. The Kier molecular flexibility index (Phi) is 6.84. The average Bonchev–Trinajstić information content (AvgIpc) is 2.56. The summed E-state index contributed by atoms with van der Waals surface area (Å²) in [5.41, 5.74) is 1.27. The summed E-state index contributed by atoms with van der Waals surface area (Å²) in [6.07, 6.45) is 0. The van der Waals surface area contributed by atoms with Crippen molar-refractivity contribution in [1.82, 2.24) is 0 Å². The summed E-state index contributed by atoms with van der Waals surface area (Å²) in [6, 6.07) is 13.6. The van der Waals surface area contributed by atoms with Gasteiger partial charge in [0.1, 0.15) is 17.1 Å². The Balaban J connectivity index is 2.03. The number of para-hydroxylation sites is 1. The van der Waals surface area contributed by atoms with Gasteiger partial charge in [-0.1, -0.05) is 24.3 Å². The molecule has 2 aromatic carbocycles. The fourth-order valence-corrected chi connectivity index (χ4v) is 2.65. The van der Waals surface area contributed by atoms with E-state index in [-0.39, 0.29) is 17.9 Å². The summed E-state index contributed by atoms with van der Waals surface area (Å²) >= 11 is 1.62. The molecule has 6 heteroatoms. The fourth-order valence-electron chi connectivity index (χ4n) is 1.95. The maximum Gasteiger partial charge on any atom is 0.347 e. The molecule has 0 unspecified atom stereocenters. The lowest BCUT2D eigenvalue weighted by molar-refractivity contribution is -0.131. The lowest BCUT2D eigenvalue weighted by Gasteiger charge is -2.09. The van der Waals surface area contributed by atoms with Crippen LogP contribution in [0.4, 0.5) is 0 Å². The van der Waals surface area contributed by atoms with Crippen LogP contribution in [0.5, 0.6) is 11.5 Å². The van der Waals surface area contributed by atoms with E-state index in [2.05, 4.69) is 0 Å². The number of thioether (sulfide) groups is 1. The summed E-state index contributed by atoms with van der Waals surface area (Å²) in [4.78, 5) is 23.4. The van der Waals surface area contributed by atoms with Crippen LogP contribution in [0.3, 0.4) is 0 Å². The molecule has 0 saturated heterocycles. The normalized spacial score (nSPS) is 10.2. The first-order valence-electron chi connectivity index (χ1n) is 7.37. The Morgan fingerprint density at radius 2 is 1.75 bits per heavy atom. The Labute approximate surface area is 144 Å². The summed E-state index contributed by atoms with van der Waals surface area (Å²) in [5.74, 6) is 0.961. The van der Waals surface area contributed by atoms with Crippen LogP contribution < -0.4 is 9.47 Å². The van der Waals surface area contributed by atoms with Gasteiger partial charge in [-0.25, -0.2) is 4.79 Å². The molecule has 0 radical (unpaired) electrons. The summed E-state index contributed by atoms with van der Waals surface area (Å²) < 4.78 is 10.3. The zero-order chi connectivity index (χ0) is 17.4. The van der Waals surface area contributed by atoms with Gasteiger partial charge in [-0.15, -0.1) is 0 Å². The van der Waals surface area contributed by atoms with Crippen LogP contribution in [0, 0.1) is 0 Å². The van der Waals surface area contributed by atoms with E-state index in [9.17, 15) is 9.59 Å². The van der Waals surface area contributed by atoms with Crippen LogP contribution >= 0.6 is 11.8 Å². The minimum absolute atomic E-state index is 0.155.